The third-order valence-electron chi connectivity index (χ3n) is 5.50. The monoisotopic (exact) mass is 400 g/mol. The van der Waals surface area contributed by atoms with E-state index in [1.165, 1.54) is 18.6 Å². The third kappa shape index (κ3) is 4.30. The number of nitrogens with zero attached hydrogens (tertiary/aromatic N) is 1. The van der Waals surface area contributed by atoms with Gasteiger partial charge in [-0.05, 0) is 66.6 Å². The molecule has 2 unspecified atom stereocenters. The van der Waals surface area contributed by atoms with E-state index in [9.17, 15) is 9.59 Å². The van der Waals surface area contributed by atoms with Gasteiger partial charge in [0.2, 0.25) is 5.91 Å². The highest BCUT2D eigenvalue weighted by molar-refractivity contribution is 6.30. The number of aromatic carboxylic acids is 1. The summed E-state index contributed by atoms with van der Waals surface area (Å²) in [4.78, 5) is 25.8. The van der Waals surface area contributed by atoms with E-state index in [1.54, 1.807) is 12.1 Å². The Labute approximate surface area is 170 Å². The normalized spacial score (nSPS) is 16.4. The highest BCUT2D eigenvalue weighted by atomic mass is 35.5. The van der Waals surface area contributed by atoms with Crippen molar-refractivity contribution in [3.8, 4) is 0 Å². The van der Waals surface area contributed by atoms with Gasteiger partial charge < -0.3 is 15.7 Å². The zero-order chi connectivity index (χ0) is 20.3. The number of carboxylic acid groups (broad SMARTS) is 1. The zero-order valence-corrected chi connectivity index (χ0v) is 16.7. The van der Waals surface area contributed by atoms with Crippen LogP contribution < -0.4 is 10.6 Å². The van der Waals surface area contributed by atoms with Crippen molar-refractivity contribution < 1.29 is 14.7 Å². The Bertz CT molecular complexity index is 861. The van der Waals surface area contributed by atoms with Gasteiger partial charge in [0.05, 0.1) is 11.5 Å². The predicted octanol–water partition coefficient (Wildman–Crippen LogP) is 4.40. The fourth-order valence-electron chi connectivity index (χ4n) is 4.02. The number of hydrogen-bond donors (Lipinski definition) is 2. The highest BCUT2D eigenvalue weighted by Crippen LogP contribution is 2.39. The van der Waals surface area contributed by atoms with Crippen LogP contribution in [0.2, 0.25) is 5.02 Å². The van der Waals surface area contributed by atoms with Crippen LogP contribution in [0.15, 0.2) is 42.5 Å². The Balaban J connectivity index is 1.99. The minimum atomic E-state index is -1.00. The van der Waals surface area contributed by atoms with Crippen LogP contribution in [-0.4, -0.2) is 30.1 Å². The molecule has 1 aliphatic heterocycles. The largest absolute Gasteiger partial charge is 0.478 e. The molecule has 0 radical (unpaired) electrons. The molecule has 2 aromatic rings. The number of rotatable bonds is 6. The quantitative estimate of drug-likeness (QED) is 0.752. The van der Waals surface area contributed by atoms with Crippen molar-refractivity contribution in [1.82, 2.24) is 0 Å². The number of piperidine rings is 1. The molecule has 1 amide bonds. The second kappa shape index (κ2) is 8.65. The molecule has 2 aromatic carbocycles. The minimum absolute atomic E-state index is 0.177. The highest BCUT2D eigenvalue weighted by Gasteiger charge is 2.29. The van der Waals surface area contributed by atoms with Gasteiger partial charge in [0.25, 0.3) is 0 Å². The molecule has 2 atom stereocenters. The molecule has 3 N–H and O–H groups in total. The summed E-state index contributed by atoms with van der Waals surface area (Å²) in [6.07, 6.45) is 3.52. The zero-order valence-electron chi connectivity index (χ0n) is 15.9. The summed E-state index contributed by atoms with van der Waals surface area (Å²) >= 11 is 6.29. The molecule has 28 heavy (non-hydrogen) atoms. The maximum atomic E-state index is 12.4. The number of carbonyl (C=O) groups is 2. The van der Waals surface area contributed by atoms with E-state index in [1.807, 2.05) is 25.1 Å². The fraction of sp³-hybridized carbons (Fsp3) is 0.364. The summed E-state index contributed by atoms with van der Waals surface area (Å²) in [6.45, 7) is 3.94. The van der Waals surface area contributed by atoms with Gasteiger partial charge in [-0.25, -0.2) is 4.79 Å². The fourth-order valence-corrected chi connectivity index (χ4v) is 4.21. The lowest BCUT2D eigenvalue weighted by Gasteiger charge is -2.33. The Morgan fingerprint density at radius 1 is 1.07 bits per heavy atom. The number of anilines is 1. The summed E-state index contributed by atoms with van der Waals surface area (Å²) in [5.74, 6) is -2.23. The molecular weight excluding hydrogens is 376 g/mol. The van der Waals surface area contributed by atoms with Crippen LogP contribution in [0.25, 0.3) is 0 Å². The molecule has 0 bridgehead atoms. The van der Waals surface area contributed by atoms with Crippen LogP contribution in [0.3, 0.4) is 0 Å². The van der Waals surface area contributed by atoms with E-state index in [4.69, 9.17) is 22.4 Å². The molecule has 0 spiro atoms. The van der Waals surface area contributed by atoms with E-state index in [2.05, 4.69) is 4.90 Å². The van der Waals surface area contributed by atoms with Crippen LogP contribution in [0.1, 0.15) is 59.5 Å². The third-order valence-corrected chi connectivity index (χ3v) is 5.74. The molecule has 1 heterocycles. The van der Waals surface area contributed by atoms with Crippen molar-refractivity contribution in [3.05, 3.63) is 64.2 Å². The summed E-state index contributed by atoms with van der Waals surface area (Å²) < 4.78 is 0. The number of hydrogen-bond acceptors (Lipinski definition) is 3. The van der Waals surface area contributed by atoms with Gasteiger partial charge in [-0.3, -0.25) is 4.79 Å². The average Bonchev–Trinajstić information content (AvgIpc) is 2.68. The first-order chi connectivity index (χ1) is 13.4. The summed E-state index contributed by atoms with van der Waals surface area (Å²) in [7, 11) is 0. The van der Waals surface area contributed by atoms with Crippen molar-refractivity contribution >= 4 is 29.2 Å². The lowest BCUT2D eigenvalue weighted by atomic mass is 9.81. The summed E-state index contributed by atoms with van der Waals surface area (Å²) in [5.41, 5.74) is 8.72. The first-order valence-electron chi connectivity index (χ1n) is 9.55. The number of benzene rings is 2. The van der Waals surface area contributed by atoms with Gasteiger partial charge in [-0.2, -0.15) is 0 Å². The Kier molecular flexibility index (Phi) is 6.25. The van der Waals surface area contributed by atoms with E-state index < -0.39 is 17.8 Å². The molecule has 3 rings (SSSR count). The topological polar surface area (TPSA) is 83.6 Å². The maximum Gasteiger partial charge on any atom is 0.335 e. The van der Waals surface area contributed by atoms with E-state index in [-0.39, 0.29) is 11.5 Å². The van der Waals surface area contributed by atoms with Crippen LogP contribution in [0.5, 0.6) is 0 Å². The van der Waals surface area contributed by atoms with Crippen molar-refractivity contribution in [1.29, 1.82) is 0 Å². The molecule has 0 aromatic heterocycles. The van der Waals surface area contributed by atoms with E-state index in [0.717, 1.165) is 37.2 Å². The summed E-state index contributed by atoms with van der Waals surface area (Å²) in [5, 5.41) is 9.73. The number of nitrogens with two attached hydrogens (primary N) is 1. The smallest absolute Gasteiger partial charge is 0.335 e. The van der Waals surface area contributed by atoms with Gasteiger partial charge in [-0.15, -0.1) is 0 Å². The van der Waals surface area contributed by atoms with Crippen LogP contribution in [0.4, 0.5) is 5.69 Å². The molecule has 0 aliphatic carbocycles. The molecule has 1 saturated heterocycles. The first kappa shape index (κ1) is 20.2. The van der Waals surface area contributed by atoms with Crippen LogP contribution >= 0.6 is 11.6 Å². The van der Waals surface area contributed by atoms with Gasteiger partial charge in [0.15, 0.2) is 0 Å². The van der Waals surface area contributed by atoms with Crippen LogP contribution in [0, 0.1) is 0 Å². The van der Waals surface area contributed by atoms with Gasteiger partial charge in [0, 0.05) is 23.8 Å². The van der Waals surface area contributed by atoms with E-state index >= 15 is 0 Å². The first-order valence-corrected chi connectivity index (χ1v) is 9.93. The standard InChI is InChI=1S/C22H25ClN2O3/c1-14(20(21(24)26)15-5-7-16(8-6-15)22(27)28)18-13-17(23)9-10-19(18)25-11-3-2-4-12-25/h5-10,13-14,20H,2-4,11-12H2,1H3,(H2,24,26)(H,27,28). The predicted molar refractivity (Wildman–Crippen MR) is 111 cm³/mol. The molecule has 5 nitrogen and oxygen atoms in total. The van der Waals surface area contributed by atoms with Crippen molar-refractivity contribution in [2.75, 3.05) is 18.0 Å². The van der Waals surface area contributed by atoms with Gasteiger partial charge >= 0.3 is 5.97 Å². The average molecular weight is 401 g/mol. The van der Waals surface area contributed by atoms with Crippen molar-refractivity contribution in [2.45, 2.75) is 38.0 Å². The maximum absolute atomic E-state index is 12.4. The minimum Gasteiger partial charge on any atom is -0.478 e. The Morgan fingerprint density at radius 2 is 1.71 bits per heavy atom. The molecule has 0 saturated carbocycles. The molecule has 1 aliphatic rings. The molecule has 6 heteroatoms. The lowest BCUT2D eigenvalue weighted by molar-refractivity contribution is -0.119. The Hall–Kier alpha value is -2.53. The number of carbonyl (C=O) groups excluding carboxylic acids is 1. The van der Waals surface area contributed by atoms with Crippen LogP contribution in [-0.2, 0) is 4.79 Å². The van der Waals surface area contributed by atoms with Crippen molar-refractivity contribution in [2.24, 2.45) is 5.73 Å². The number of primary amides is 1. The number of amides is 1. The summed E-state index contributed by atoms with van der Waals surface area (Å²) in [6, 6.07) is 12.2. The number of halogens is 1. The second-order valence-corrected chi connectivity index (χ2v) is 7.78. The van der Waals surface area contributed by atoms with Gasteiger partial charge in [0.1, 0.15) is 0 Å². The van der Waals surface area contributed by atoms with Crippen molar-refractivity contribution in [3.63, 3.8) is 0 Å². The van der Waals surface area contributed by atoms with E-state index in [0.29, 0.717) is 10.6 Å². The lowest BCUT2D eigenvalue weighted by Crippen LogP contribution is -2.32. The second-order valence-electron chi connectivity index (χ2n) is 7.35. The SMILES string of the molecule is CC(c1cc(Cl)ccc1N1CCCCC1)C(C(N)=O)c1ccc(C(=O)O)cc1. The molecule has 1 fully saturated rings. The number of carboxylic acids is 1. The molecular formula is C22H25ClN2O3. The molecule has 148 valence electrons. The Morgan fingerprint density at radius 3 is 2.29 bits per heavy atom. The van der Waals surface area contributed by atoms with Gasteiger partial charge in [-0.1, -0.05) is 30.7 Å².